The van der Waals surface area contributed by atoms with Crippen molar-refractivity contribution >= 4 is 6.09 Å². The van der Waals surface area contributed by atoms with Crippen molar-refractivity contribution in [2.75, 3.05) is 27.2 Å². The minimum absolute atomic E-state index is 0.211. The van der Waals surface area contributed by atoms with E-state index in [0.29, 0.717) is 38.0 Å². The Labute approximate surface area is 164 Å². The highest BCUT2D eigenvalue weighted by atomic mass is 19.4. The van der Waals surface area contributed by atoms with Gasteiger partial charge in [-0.15, -0.1) is 0 Å². The lowest BCUT2D eigenvalue weighted by molar-refractivity contribution is -0.137. The molecule has 0 spiro atoms. The number of hydrogen-bond acceptors (Lipinski definition) is 4. The van der Waals surface area contributed by atoms with Gasteiger partial charge in [0.15, 0.2) is 0 Å². The van der Waals surface area contributed by atoms with Crippen LogP contribution in [-0.2, 0) is 17.5 Å². The van der Waals surface area contributed by atoms with E-state index < -0.39 is 17.3 Å². The second kappa shape index (κ2) is 8.59. The highest BCUT2D eigenvalue weighted by Gasteiger charge is 2.32. The van der Waals surface area contributed by atoms with Gasteiger partial charge in [0.05, 0.1) is 5.56 Å². The van der Waals surface area contributed by atoms with Crippen molar-refractivity contribution in [3.63, 3.8) is 0 Å². The van der Waals surface area contributed by atoms with Gasteiger partial charge in [0, 0.05) is 32.5 Å². The fourth-order valence-electron chi connectivity index (χ4n) is 3.02. The van der Waals surface area contributed by atoms with Gasteiger partial charge < -0.3 is 19.3 Å². The summed E-state index contributed by atoms with van der Waals surface area (Å²) < 4.78 is 50.8. The van der Waals surface area contributed by atoms with Crippen LogP contribution in [-0.4, -0.2) is 54.8 Å². The maximum atomic E-state index is 13.2. The number of alkyl halides is 3. The Balaban J connectivity index is 2.03. The molecule has 0 aromatic heterocycles. The van der Waals surface area contributed by atoms with Gasteiger partial charge in [0.25, 0.3) is 0 Å². The van der Waals surface area contributed by atoms with Crippen LogP contribution in [0.4, 0.5) is 18.0 Å². The maximum Gasteiger partial charge on any atom is 0.416 e. The van der Waals surface area contributed by atoms with E-state index in [1.54, 1.807) is 50.7 Å². The normalized spacial score (nSPS) is 16.4. The number of benzene rings is 1. The summed E-state index contributed by atoms with van der Waals surface area (Å²) in [5, 5.41) is 0. The monoisotopic (exact) mass is 402 g/mol. The molecule has 5 nitrogen and oxygen atoms in total. The zero-order valence-electron chi connectivity index (χ0n) is 17.1. The summed E-state index contributed by atoms with van der Waals surface area (Å²) in [6.45, 7) is 6.70. The lowest BCUT2D eigenvalue weighted by atomic mass is 10.1. The quantitative estimate of drug-likeness (QED) is 0.741. The van der Waals surface area contributed by atoms with Crippen molar-refractivity contribution in [3.05, 3.63) is 29.3 Å². The second-order valence-electron chi connectivity index (χ2n) is 8.39. The maximum absolute atomic E-state index is 13.2. The highest BCUT2D eigenvalue weighted by molar-refractivity contribution is 5.68. The number of piperidine rings is 1. The molecular weight excluding hydrogens is 373 g/mol. The Bertz CT molecular complexity index is 676. The summed E-state index contributed by atoms with van der Waals surface area (Å²) >= 11 is 0. The third-order valence-electron chi connectivity index (χ3n) is 4.19. The molecule has 28 heavy (non-hydrogen) atoms. The van der Waals surface area contributed by atoms with E-state index in [9.17, 15) is 18.0 Å². The third-order valence-corrected chi connectivity index (χ3v) is 4.19. The Kier molecular flexibility index (Phi) is 6.85. The Morgan fingerprint density at radius 1 is 1.14 bits per heavy atom. The topological polar surface area (TPSA) is 42.0 Å². The molecule has 0 N–H and O–H groups in total. The van der Waals surface area contributed by atoms with Gasteiger partial charge in [-0.1, -0.05) is 0 Å². The van der Waals surface area contributed by atoms with Crippen LogP contribution in [0.5, 0.6) is 5.75 Å². The minimum Gasteiger partial charge on any atom is -0.490 e. The number of amides is 1. The van der Waals surface area contributed by atoms with E-state index in [4.69, 9.17) is 9.47 Å². The van der Waals surface area contributed by atoms with Crippen molar-refractivity contribution < 1.29 is 27.4 Å². The summed E-state index contributed by atoms with van der Waals surface area (Å²) in [6.07, 6.45) is -3.97. The standard InChI is InChI=1S/C20H29F3N2O3/c1-19(2,3)28-18(26)25-8-6-16(7-9-25)27-17-11-14(13-24(4)5)10-15(12-17)20(21,22)23/h10-12,16H,6-9,13H2,1-5H3. The van der Waals surface area contributed by atoms with Crippen LogP contribution >= 0.6 is 0 Å². The number of carbonyl (C=O) groups is 1. The molecule has 1 fully saturated rings. The van der Waals surface area contributed by atoms with Gasteiger partial charge in [-0.2, -0.15) is 13.2 Å². The zero-order chi connectivity index (χ0) is 21.1. The summed E-state index contributed by atoms with van der Waals surface area (Å²) in [6, 6.07) is 3.84. The van der Waals surface area contributed by atoms with Crippen LogP contribution in [0.25, 0.3) is 0 Å². The van der Waals surface area contributed by atoms with E-state index >= 15 is 0 Å². The third kappa shape index (κ3) is 6.89. The first kappa shape index (κ1) is 22.3. The number of halogens is 3. The van der Waals surface area contributed by atoms with Gasteiger partial charge in [-0.25, -0.2) is 4.79 Å². The van der Waals surface area contributed by atoms with Crippen LogP contribution in [0.3, 0.4) is 0 Å². The highest BCUT2D eigenvalue weighted by Crippen LogP contribution is 2.33. The molecule has 2 rings (SSSR count). The molecule has 1 aliphatic heterocycles. The fourth-order valence-corrected chi connectivity index (χ4v) is 3.02. The number of nitrogens with zero attached hydrogens (tertiary/aromatic N) is 2. The summed E-state index contributed by atoms with van der Waals surface area (Å²) in [7, 11) is 3.60. The van der Waals surface area contributed by atoms with Crippen LogP contribution in [0.15, 0.2) is 18.2 Å². The number of rotatable bonds is 4. The fraction of sp³-hybridized carbons (Fsp3) is 0.650. The van der Waals surface area contributed by atoms with Crippen LogP contribution in [0.1, 0.15) is 44.7 Å². The van der Waals surface area contributed by atoms with Crippen LogP contribution in [0, 0.1) is 0 Å². The Morgan fingerprint density at radius 3 is 2.25 bits per heavy atom. The lowest BCUT2D eigenvalue weighted by Crippen LogP contribution is -2.44. The molecule has 0 saturated carbocycles. The molecule has 158 valence electrons. The molecule has 8 heteroatoms. The second-order valence-corrected chi connectivity index (χ2v) is 8.39. The predicted molar refractivity (Wildman–Crippen MR) is 100 cm³/mol. The van der Waals surface area contributed by atoms with E-state index in [1.165, 1.54) is 0 Å². The summed E-state index contributed by atoms with van der Waals surface area (Å²) in [4.78, 5) is 15.5. The molecule has 0 atom stereocenters. The first-order valence-electron chi connectivity index (χ1n) is 9.34. The number of carbonyl (C=O) groups excluding carboxylic acids is 1. The molecule has 0 aliphatic carbocycles. The van der Waals surface area contributed by atoms with Gasteiger partial charge >= 0.3 is 12.3 Å². The van der Waals surface area contributed by atoms with E-state index in [2.05, 4.69) is 0 Å². The summed E-state index contributed by atoms with van der Waals surface area (Å²) in [5.74, 6) is 0.211. The Hall–Kier alpha value is -1.96. The number of ether oxygens (including phenoxy) is 2. The van der Waals surface area contributed by atoms with Crippen molar-refractivity contribution in [2.24, 2.45) is 0 Å². The molecule has 1 saturated heterocycles. The largest absolute Gasteiger partial charge is 0.490 e. The molecule has 1 aliphatic rings. The molecule has 1 aromatic rings. The van der Waals surface area contributed by atoms with E-state index in [1.807, 2.05) is 0 Å². The smallest absolute Gasteiger partial charge is 0.416 e. The lowest BCUT2D eigenvalue weighted by Gasteiger charge is -2.33. The first-order valence-corrected chi connectivity index (χ1v) is 9.34. The van der Waals surface area contributed by atoms with Gasteiger partial charge in [0.2, 0.25) is 0 Å². The van der Waals surface area contributed by atoms with Crippen LogP contribution < -0.4 is 4.74 Å². The average Bonchev–Trinajstić information content (AvgIpc) is 2.52. The molecule has 1 amide bonds. The zero-order valence-corrected chi connectivity index (χ0v) is 17.1. The van der Waals surface area contributed by atoms with Gasteiger partial charge in [0.1, 0.15) is 17.5 Å². The van der Waals surface area contributed by atoms with Crippen molar-refractivity contribution in [1.29, 1.82) is 0 Å². The van der Waals surface area contributed by atoms with Crippen molar-refractivity contribution in [3.8, 4) is 5.75 Å². The summed E-state index contributed by atoms with van der Waals surface area (Å²) in [5.41, 5.74) is -0.736. The SMILES string of the molecule is CN(C)Cc1cc(OC2CCN(C(=O)OC(C)(C)C)CC2)cc(C(F)(F)F)c1. The van der Waals surface area contributed by atoms with Crippen molar-refractivity contribution in [1.82, 2.24) is 9.80 Å². The number of likely N-dealkylation sites (tertiary alicyclic amines) is 1. The molecule has 0 radical (unpaired) electrons. The van der Waals surface area contributed by atoms with Crippen molar-refractivity contribution in [2.45, 2.75) is 58.0 Å². The molecule has 0 bridgehead atoms. The van der Waals surface area contributed by atoms with Crippen LogP contribution in [0.2, 0.25) is 0 Å². The predicted octanol–water partition coefficient (Wildman–Crippen LogP) is 4.55. The van der Waals surface area contributed by atoms with Gasteiger partial charge in [-0.3, -0.25) is 0 Å². The molecule has 1 aromatic carbocycles. The van der Waals surface area contributed by atoms with Gasteiger partial charge in [-0.05, 0) is 58.6 Å². The minimum atomic E-state index is -4.43. The van der Waals surface area contributed by atoms with E-state index in [-0.39, 0.29) is 17.9 Å². The molecule has 1 heterocycles. The average molecular weight is 402 g/mol. The number of hydrogen-bond donors (Lipinski definition) is 0. The first-order chi connectivity index (χ1) is 12.8. The molecule has 0 unspecified atom stereocenters. The van der Waals surface area contributed by atoms with E-state index in [0.717, 1.165) is 12.1 Å². The molecular formula is C20H29F3N2O3. The Morgan fingerprint density at radius 2 is 1.75 bits per heavy atom.